The maximum Gasteiger partial charge on any atom is 0.410 e. The highest BCUT2D eigenvalue weighted by atomic mass is 16.6. The third kappa shape index (κ3) is 6.58. The van der Waals surface area contributed by atoms with Crippen LogP contribution >= 0.6 is 0 Å². The van der Waals surface area contributed by atoms with Gasteiger partial charge in [-0.3, -0.25) is 33.8 Å². The molecule has 1 unspecified atom stereocenters. The SMILES string of the molecule is Cc1nc(C)c2c(=O)n(C)n(C)c2c1-c1cc(C#Cc2ccc3c(C)nccc3c2)nc(NC(=O)C(C)N(C)C(=O)OC(C)(C)C)c1. The number of nitrogens with zero attached hydrogens (tertiary/aromatic N) is 6. The number of amides is 2. The number of benzene rings is 1. The molecular weight excluding hydrogens is 594 g/mol. The van der Waals surface area contributed by atoms with E-state index in [1.54, 1.807) is 51.7 Å². The van der Waals surface area contributed by atoms with Crippen molar-refractivity contribution in [2.75, 3.05) is 12.4 Å². The number of aryl methyl sites for hydroxylation is 4. The lowest BCUT2D eigenvalue weighted by Gasteiger charge is -2.28. The van der Waals surface area contributed by atoms with Crippen LogP contribution in [0.2, 0.25) is 0 Å². The second-order valence-electron chi connectivity index (χ2n) is 12.7. The molecule has 1 atom stereocenters. The molecule has 2 amide bonds. The lowest BCUT2D eigenvalue weighted by Crippen LogP contribution is -2.45. The van der Waals surface area contributed by atoms with Gasteiger partial charge < -0.3 is 10.1 Å². The minimum absolute atomic E-state index is 0.155. The van der Waals surface area contributed by atoms with Gasteiger partial charge in [-0.25, -0.2) is 9.78 Å². The van der Waals surface area contributed by atoms with Crippen LogP contribution in [-0.2, 0) is 23.6 Å². The van der Waals surface area contributed by atoms with E-state index in [0.29, 0.717) is 33.5 Å². The summed E-state index contributed by atoms with van der Waals surface area (Å²) in [7, 11) is 5.04. The standard InChI is InChI=1S/C36H39N7O4/c1-20-28-14-12-24(17-25(28)15-16-37-20)11-13-27-18-26(30-21(2)38-22(3)31-32(30)42(9)43(10)34(31)45)19-29(39-27)40-33(44)23(4)41(8)35(46)47-36(5,6)7/h12,14-19,23H,1-10H3,(H,39,40,44). The molecule has 0 fully saturated rings. The van der Waals surface area contributed by atoms with Gasteiger partial charge in [-0.05, 0) is 95.7 Å². The van der Waals surface area contributed by atoms with E-state index in [4.69, 9.17) is 9.72 Å². The Balaban J connectivity index is 1.62. The van der Waals surface area contributed by atoms with Crippen molar-refractivity contribution in [3.05, 3.63) is 81.3 Å². The van der Waals surface area contributed by atoms with Crippen molar-refractivity contribution in [1.82, 2.24) is 29.2 Å². The number of aromatic nitrogens is 5. The number of carbonyl (C=O) groups excluding carboxylic acids is 2. The maximum absolute atomic E-state index is 13.4. The number of ether oxygens (including phenoxy) is 1. The summed E-state index contributed by atoms with van der Waals surface area (Å²) in [5, 5.41) is 5.45. The zero-order valence-corrected chi connectivity index (χ0v) is 28.4. The summed E-state index contributed by atoms with van der Waals surface area (Å²) >= 11 is 0. The molecule has 0 aliphatic rings. The van der Waals surface area contributed by atoms with Crippen LogP contribution in [0.4, 0.5) is 10.6 Å². The molecule has 0 bridgehead atoms. The van der Waals surface area contributed by atoms with Gasteiger partial charge in [0.15, 0.2) is 0 Å². The number of fused-ring (bicyclic) bond motifs is 2. The Morgan fingerprint density at radius 1 is 0.957 bits per heavy atom. The fourth-order valence-corrected chi connectivity index (χ4v) is 5.45. The molecule has 1 aromatic carbocycles. The van der Waals surface area contributed by atoms with Gasteiger partial charge in [0, 0.05) is 55.2 Å². The normalized spacial score (nSPS) is 12.0. The summed E-state index contributed by atoms with van der Waals surface area (Å²) in [6.45, 7) is 12.6. The highest BCUT2D eigenvalue weighted by Crippen LogP contribution is 2.33. The number of anilines is 1. The molecule has 0 aliphatic carbocycles. The first-order valence-corrected chi connectivity index (χ1v) is 15.2. The van der Waals surface area contributed by atoms with Crippen LogP contribution in [0.1, 0.15) is 56.0 Å². The van der Waals surface area contributed by atoms with Gasteiger partial charge in [0.2, 0.25) is 5.91 Å². The number of nitrogens with one attached hydrogen (secondary N) is 1. The van der Waals surface area contributed by atoms with E-state index >= 15 is 0 Å². The van der Waals surface area contributed by atoms with Gasteiger partial charge in [-0.2, -0.15) is 0 Å². The molecule has 11 heteroatoms. The molecule has 11 nitrogen and oxygen atoms in total. The van der Waals surface area contributed by atoms with Crippen LogP contribution in [0.15, 0.2) is 47.4 Å². The van der Waals surface area contributed by atoms with Gasteiger partial charge in [0.1, 0.15) is 23.2 Å². The Labute approximate surface area is 273 Å². The number of pyridine rings is 3. The quantitative estimate of drug-likeness (QED) is 0.263. The average Bonchev–Trinajstić information content (AvgIpc) is 3.22. The topological polar surface area (TPSA) is 124 Å². The summed E-state index contributed by atoms with van der Waals surface area (Å²) in [5.74, 6) is 6.14. The molecular formula is C36H39N7O4. The molecule has 1 N–H and O–H groups in total. The van der Waals surface area contributed by atoms with E-state index in [2.05, 4.69) is 27.1 Å². The molecule has 0 saturated carbocycles. The van der Waals surface area contributed by atoms with Crippen molar-refractivity contribution in [3.8, 4) is 23.0 Å². The van der Waals surface area contributed by atoms with E-state index in [9.17, 15) is 14.4 Å². The second kappa shape index (κ2) is 12.4. The fourth-order valence-electron chi connectivity index (χ4n) is 5.45. The first kappa shape index (κ1) is 32.9. The van der Waals surface area contributed by atoms with Crippen LogP contribution in [-0.4, -0.2) is 59.9 Å². The summed E-state index contributed by atoms with van der Waals surface area (Å²) in [6.07, 6.45) is 1.15. The average molecular weight is 634 g/mol. The highest BCUT2D eigenvalue weighted by Gasteiger charge is 2.28. The third-order valence-electron chi connectivity index (χ3n) is 8.12. The second-order valence-corrected chi connectivity index (χ2v) is 12.7. The Hall–Kier alpha value is -5.50. The Bertz CT molecular complexity index is 2200. The monoisotopic (exact) mass is 633 g/mol. The smallest absolute Gasteiger partial charge is 0.410 e. The Kier molecular flexibility index (Phi) is 8.65. The maximum atomic E-state index is 13.4. The number of likely N-dealkylation sites (N-methyl/N-ethyl adjacent to an activating group) is 1. The number of rotatable bonds is 4. The van der Waals surface area contributed by atoms with Gasteiger partial charge in [-0.1, -0.05) is 12.0 Å². The largest absolute Gasteiger partial charge is 0.444 e. The van der Waals surface area contributed by atoms with E-state index in [1.807, 2.05) is 58.2 Å². The Morgan fingerprint density at radius 3 is 2.38 bits per heavy atom. The lowest BCUT2D eigenvalue weighted by molar-refractivity contribution is -0.120. The van der Waals surface area contributed by atoms with Crippen molar-refractivity contribution < 1.29 is 14.3 Å². The molecule has 4 heterocycles. The van der Waals surface area contributed by atoms with Gasteiger partial charge in [0.25, 0.3) is 5.56 Å². The summed E-state index contributed by atoms with van der Waals surface area (Å²) in [5.41, 5.74) is 4.68. The first-order chi connectivity index (χ1) is 22.1. The van der Waals surface area contributed by atoms with Crippen molar-refractivity contribution in [3.63, 3.8) is 0 Å². The van der Waals surface area contributed by atoms with E-state index in [-0.39, 0.29) is 11.4 Å². The minimum atomic E-state index is -0.871. The lowest BCUT2D eigenvalue weighted by atomic mass is 10.0. The number of hydrogen-bond acceptors (Lipinski definition) is 7. The van der Waals surface area contributed by atoms with Crippen molar-refractivity contribution in [1.29, 1.82) is 0 Å². The zero-order valence-electron chi connectivity index (χ0n) is 28.4. The Morgan fingerprint density at radius 2 is 1.68 bits per heavy atom. The van der Waals surface area contributed by atoms with Crippen LogP contribution in [0.5, 0.6) is 0 Å². The van der Waals surface area contributed by atoms with Crippen molar-refractivity contribution >= 4 is 39.5 Å². The molecule has 4 aromatic heterocycles. The highest BCUT2D eigenvalue weighted by molar-refractivity contribution is 5.99. The molecule has 0 spiro atoms. The molecule has 5 rings (SSSR count). The number of carbonyl (C=O) groups is 2. The van der Waals surface area contributed by atoms with E-state index < -0.39 is 23.6 Å². The third-order valence-corrected chi connectivity index (χ3v) is 8.12. The van der Waals surface area contributed by atoms with Gasteiger partial charge in [-0.15, -0.1) is 0 Å². The predicted molar refractivity (Wildman–Crippen MR) is 183 cm³/mol. The first-order valence-electron chi connectivity index (χ1n) is 15.2. The molecule has 5 aromatic rings. The molecule has 0 aliphatic heterocycles. The summed E-state index contributed by atoms with van der Waals surface area (Å²) < 4.78 is 8.78. The molecule has 242 valence electrons. The molecule has 47 heavy (non-hydrogen) atoms. The van der Waals surface area contributed by atoms with Crippen LogP contribution in [0.3, 0.4) is 0 Å². The van der Waals surface area contributed by atoms with Crippen LogP contribution in [0, 0.1) is 32.6 Å². The van der Waals surface area contributed by atoms with Crippen molar-refractivity contribution in [2.24, 2.45) is 14.1 Å². The molecule has 0 radical (unpaired) electrons. The molecule has 0 saturated heterocycles. The summed E-state index contributed by atoms with van der Waals surface area (Å²) in [6, 6.07) is 10.5. The van der Waals surface area contributed by atoms with E-state index in [1.165, 1.54) is 16.6 Å². The van der Waals surface area contributed by atoms with Gasteiger partial charge >= 0.3 is 6.09 Å². The predicted octanol–water partition coefficient (Wildman–Crippen LogP) is 5.40. The number of hydrogen-bond donors (Lipinski definition) is 1. The van der Waals surface area contributed by atoms with Gasteiger partial charge in [0.05, 0.1) is 16.6 Å². The zero-order chi connectivity index (χ0) is 34.4. The van der Waals surface area contributed by atoms with Crippen molar-refractivity contribution in [2.45, 2.75) is 60.1 Å². The minimum Gasteiger partial charge on any atom is -0.444 e. The van der Waals surface area contributed by atoms with E-state index in [0.717, 1.165) is 27.6 Å². The summed E-state index contributed by atoms with van der Waals surface area (Å²) in [4.78, 5) is 54.2. The fraction of sp³-hybridized carbons (Fsp3) is 0.333. The van der Waals surface area contributed by atoms with Crippen LogP contribution < -0.4 is 10.9 Å². The van der Waals surface area contributed by atoms with Crippen LogP contribution in [0.25, 0.3) is 32.8 Å².